The molecule has 89 valence electrons. The maximum Gasteiger partial charge on any atom is 0.0361 e. The molecule has 0 unspecified atom stereocenters. The second kappa shape index (κ2) is 4.22. The topological polar surface area (TPSA) is 0 Å². The lowest BCUT2D eigenvalue weighted by Crippen LogP contribution is -1.75. The van der Waals surface area contributed by atoms with Crippen LogP contribution in [0.25, 0.3) is 31.3 Å². The largest absolute Gasteiger partial charge is 0.135 e. The van der Waals surface area contributed by atoms with Crippen molar-refractivity contribution < 1.29 is 0 Å². The van der Waals surface area contributed by atoms with Crippen LogP contribution in [0.3, 0.4) is 0 Å². The average Bonchev–Trinajstić information content (AvgIpc) is 2.86. The van der Waals surface area contributed by atoms with Crippen LogP contribution in [0, 0.1) is 6.07 Å². The van der Waals surface area contributed by atoms with Crippen LogP contribution in [0.1, 0.15) is 0 Å². The van der Waals surface area contributed by atoms with E-state index in [1.54, 1.807) is 0 Å². The molecule has 1 aromatic heterocycles. The van der Waals surface area contributed by atoms with Crippen molar-refractivity contribution in [2.24, 2.45) is 0 Å². The summed E-state index contributed by atoms with van der Waals surface area (Å²) in [5, 5.41) is 2.54. The highest BCUT2D eigenvalue weighted by Gasteiger charge is 2.05. The first kappa shape index (κ1) is 10.8. The summed E-state index contributed by atoms with van der Waals surface area (Å²) in [5.41, 5.74) is 2.55. The first-order valence-corrected chi connectivity index (χ1v) is 7.12. The summed E-state index contributed by atoms with van der Waals surface area (Å²) < 4.78 is 2.64. The maximum absolute atomic E-state index is 3.34. The summed E-state index contributed by atoms with van der Waals surface area (Å²) in [6, 6.07) is 26.8. The molecule has 0 aliphatic heterocycles. The molecule has 0 aliphatic carbocycles. The molecule has 4 rings (SSSR count). The van der Waals surface area contributed by atoms with Crippen LogP contribution >= 0.6 is 11.3 Å². The van der Waals surface area contributed by atoms with E-state index in [2.05, 4.69) is 66.7 Å². The third-order valence-electron chi connectivity index (χ3n) is 3.40. The minimum Gasteiger partial charge on any atom is -0.135 e. The standard InChI is InChI=1S/C18H11S/c1-2-6-13(7-3-1)14-10-11-16-15-8-4-5-9-17(15)19-18(16)12-14/h1-7,9-12H. The molecule has 0 aliphatic rings. The van der Waals surface area contributed by atoms with E-state index >= 15 is 0 Å². The zero-order valence-electron chi connectivity index (χ0n) is 10.3. The van der Waals surface area contributed by atoms with Crippen LogP contribution in [-0.2, 0) is 0 Å². The van der Waals surface area contributed by atoms with E-state index in [4.69, 9.17) is 0 Å². The fraction of sp³-hybridized carbons (Fsp3) is 0. The Morgan fingerprint density at radius 3 is 2.53 bits per heavy atom. The van der Waals surface area contributed by atoms with E-state index in [-0.39, 0.29) is 0 Å². The zero-order valence-corrected chi connectivity index (χ0v) is 11.1. The van der Waals surface area contributed by atoms with Gasteiger partial charge < -0.3 is 0 Å². The molecule has 0 atom stereocenters. The van der Waals surface area contributed by atoms with Gasteiger partial charge >= 0.3 is 0 Å². The summed E-state index contributed by atoms with van der Waals surface area (Å²) in [7, 11) is 0. The number of benzene rings is 3. The zero-order chi connectivity index (χ0) is 12.7. The maximum atomic E-state index is 3.34. The van der Waals surface area contributed by atoms with Crippen LogP contribution in [0.2, 0.25) is 0 Å². The summed E-state index contributed by atoms with van der Waals surface area (Å²) in [6.45, 7) is 0. The quantitative estimate of drug-likeness (QED) is 0.422. The molecule has 1 radical (unpaired) electrons. The SMILES string of the molecule is [c]1cccc2sc3cc(-c4ccccc4)ccc3c12. The second-order valence-corrected chi connectivity index (χ2v) is 5.67. The van der Waals surface area contributed by atoms with Crippen molar-refractivity contribution in [3.05, 3.63) is 72.8 Å². The molecule has 4 aromatic rings. The first-order valence-electron chi connectivity index (χ1n) is 6.30. The molecule has 0 saturated carbocycles. The Kier molecular flexibility index (Phi) is 2.39. The Morgan fingerprint density at radius 2 is 1.63 bits per heavy atom. The van der Waals surface area contributed by atoms with Gasteiger partial charge in [-0.25, -0.2) is 0 Å². The van der Waals surface area contributed by atoms with Gasteiger partial charge in [0.2, 0.25) is 0 Å². The van der Waals surface area contributed by atoms with E-state index in [1.807, 2.05) is 17.4 Å². The highest BCUT2D eigenvalue weighted by Crippen LogP contribution is 2.35. The molecule has 0 nitrogen and oxygen atoms in total. The number of fused-ring (bicyclic) bond motifs is 3. The van der Waals surface area contributed by atoms with E-state index in [9.17, 15) is 0 Å². The Morgan fingerprint density at radius 1 is 0.737 bits per heavy atom. The van der Waals surface area contributed by atoms with Gasteiger partial charge in [0.05, 0.1) is 0 Å². The molecule has 3 aromatic carbocycles. The van der Waals surface area contributed by atoms with Crippen LogP contribution in [0.15, 0.2) is 66.7 Å². The molecule has 0 spiro atoms. The van der Waals surface area contributed by atoms with Crippen molar-refractivity contribution in [2.75, 3.05) is 0 Å². The Balaban J connectivity index is 1.99. The number of thiophene rings is 1. The lowest BCUT2D eigenvalue weighted by Gasteiger charge is -2.01. The molecule has 0 saturated heterocycles. The third-order valence-corrected chi connectivity index (χ3v) is 4.51. The highest BCUT2D eigenvalue weighted by atomic mass is 32.1. The van der Waals surface area contributed by atoms with Gasteiger partial charge in [0.25, 0.3) is 0 Å². The molecular formula is C18H11S. The smallest absolute Gasteiger partial charge is 0.0361 e. The van der Waals surface area contributed by atoms with E-state index < -0.39 is 0 Å². The molecule has 0 amide bonds. The summed E-state index contributed by atoms with van der Waals surface area (Å²) in [5.74, 6) is 0. The van der Waals surface area contributed by atoms with Crippen LogP contribution < -0.4 is 0 Å². The van der Waals surface area contributed by atoms with Crippen molar-refractivity contribution in [3.63, 3.8) is 0 Å². The Hall–Kier alpha value is -2.12. The molecule has 0 N–H and O–H groups in total. The molecule has 0 fully saturated rings. The second-order valence-electron chi connectivity index (χ2n) is 4.59. The average molecular weight is 259 g/mol. The Labute approximate surface area is 115 Å². The first-order chi connectivity index (χ1) is 9.42. The predicted molar refractivity (Wildman–Crippen MR) is 83.6 cm³/mol. The van der Waals surface area contributed by atoms with Gasteiger partial charge in [-0.1, -0.05) is 54.6 Å². The molecule has 1 heterocycles. The lowest BCUT2D eigenvalue weighted by atomic mass is 10.0. The van der Waals surface area contributed by atoms with Gasteiger partial charge in [-0.3, -0.25) is 0 Å². The number of rotatable bonds is 1. The monoisotopic (exact) mass is 259 g/mol. The predicted octanol–water partition coefficient (Wildman–Crippen LogP) is 5.52. The van der Waals surface area contributed by atoms with Crippen molar-refractivity contribution >= 4 is 31.5 Å². The Bertz CT molecular complexity index is 857. The fourth-order valence-electron chi connectivity index (χ4n) is 2.46. The fourth-order valence-corrected chi connectivity index (χ4v) is 3.58. The third kappa shape index (κ3) is 1.74. The van der Waals surface area contributed by atoms with Gasteiger partial charge in [-0.2, -0.15) is 0 Å². The molecule has 1 heteroatoms. The minimum atomic E-state index is 1.24. The number of hydrogen-bond donors (Lipinski definition) is 0. The molecule has 19 heavy (non-hydrogen) atoms. The van der Waals surface area contributed by atoms with Crippen molar-refractivity contribution in [3.8, 4) is 11.1 Å². The van der Waals surface area contributed by atoms with Crippen molar-refractivity contribution in [2.45, 2.75) is 0 Å². The van der Waals surface area contributed by atoms with Crippen molar-refractivity contribution in [1.82, 2.24) is 0 Å². The van der Waals surface area contributed by atoms with Gasteiger partial charge in [0.1, 0.15) is 0 Å². The van der Waals surface area contributed by atoms with Gasteiger partial charge in [0, 0.05) is 20.2 Å². The van der Waals surface area contributed by atoms with E-state index in [0.717, 1.165) is 0 Å². The van der Waals surface area contributed by atoms with Gasteiger partial charge in [0.15, 0.2) is 0 Å². The summed E-state index contributed by atoms with van der Waals surface area (Å²) >= 11 is 1.84. The molecular weight excluding hydrogens is 248 g/mol. The van der Waals surface area contributed by atoms with E-state index in [0.29, 0.717) is 0 Å². The van der Waals surface area contributed by atoms with Gasteiger partial charge in [-0.05, 0) is 29.3 Å². The van der Waals surface area contributed by atoms with Crippen LogP contribution in [-0.4, -0.2) is 0 Å². The normalized spacial score (nSPS) is 11.2. The highest BCUT2D eigenvalue weighted by molar-refractivity contribution is 7.25. The lowest BCUT2D eigenvalue weighted by molar-refractivity contribution is 1.66. The summed E-state index contributed by atoms with van der Waals surface area (Å²) in [4.78, 5) is 0. The van der Waals surface area contributed by atoms with Gasteiger partial charge in [-0.15, -0.1) is 11.3 Å². The van der Waals surface area contributed by atoms with Crippen molar-refractivity contribution in [1.29, 1.82) is 0 Å². The van der Waals surface area contributed by atoms with E-state index in [1.165, 1.54) is 31.3 Å². The van der Waals surface area contributed by atoms with Crippen LogP contribution in [0.5, 0.6) is 0 Å². The van der Waals surface area contributed by atoms with Crippen LogP contribution in [0.4, 0.5) is 0 Å². The number of hydrogen-bond acceptors (Lipinski definition) is 1. The minimum absolute atomic E-state index is 1.24. The molecule has 0 bridgehead atoms. The summed E-state index contributed by atoms with van der Waals surface area (Å²) in [6.07, 6.45) is 0.